The summed E-state index contributed by atoms with van der Waals surface area (Å²) in [5.41, 5.74) is 0.862. The average Bonchev–Trinajstić information content (AvgIpc) is 3.02. The molecule has 1 saturated carbocycles. The van der Waals surface area contributed by atoms with Crippen molar-refractivity contribution < 1.29 is 22.0 Å². The van der Waals surface area contributed by atoms with Crippen molar-refractivity contribution in [2.45, 2.75) is 19.3 Å². The Hall–Kier alpha value is -2.38. The molecular formula is C14H11F4N3O. The first kappa shape index (κ1) is 14.6. The van der Waals surface area contributed by atoms with Crippen LogP contribution in [0.2, 0.25) is 0 Å². The Morgan fingerprint density at radius 2 is 1.86 bits per heavy atom. The van der Waals surface area contributed by atoms with Gasteiger partial charge in [-0.1, -0.05) is 6.92 Å². The summed E-state index contributed by atoms with van der Waals surface area (Å²) in [5, 5.41) is 3.52. The number of pyridine rings is 1. The van der Waals surface area contributed by atoms with Crippen LogP contribution >= 0.6 is 0 Å². The molecular weight excluding hydrogens is 302 g/mol. The Balaban J connectivity index is 1.73. The molecule has 2 aromatic heterocycles. The molecule has 1 fully saturated rings. The first-order chi connectivity index (χ1) is 10.5. The number of hydrogen-bond donors (Lipinski definition) is 1. The quantitative estimate of drug-likeness (QED) is 0.404. The molecule has 1 aliphatic rings. The number of halogens is 4. The lowest BCUT2D eigenvalue weighted by molar-refractivity contribution is 0.411. The topological polar surface area (TPSA) is 50.4 Å². The molecule has 1 N–H and O–H groups in total. The molecule has 2 aromatic rings. The number of hydrogen-bond acceptors (Lipinski definition) is 4. The van der Waals surface area contributed by atoms with Crippen LogP contribution in [0.1, 0.15) is 30.8 Å². The van der Waals surface area contributed by atoms with Crippen molar-refractivity contribution in [3.05, 3.63) is 47.2 Å². The van der Waals surface area contributed by atoms with E-state index in [1.54, 1.807) is 12.1 Å². The van der Waals surface area contributed by atoms with Gasteiger partial charge in [0.15, 0.2) is 0 Å². The number of hydrazone groups is 1. The Morgan fingerprint density at radius 1 is 1.23 bits per heavy atom. The summed E-state index contributed by atoms with van der Waals surface area (Å²) in [7, 11) is 0. The van der Waals surface area contributed by atoms with Crippen molar-refractivity contribution in [2.75, 3.05) is 5.43 Å². The molecule has 4 nitrogen and oxygen atoms in total. The van der Waals surface area contributed by atoms with Gasteiger partial charge in [-0.05, 0) is 24.5 Å². The van der Waals surface area contributed by atoms with E-state index in [9.17, 15) is 17.6 Å². The highest BCUT2D eigenvalue weighted by Gasteiger charge is 2.36. The van der Waals surface area contributed by atoms with Crippen LogP contribution in [0, 0.1) is 29.4 Å². The zero-order chi connectivity index (χ0) is 15.9. The maximum absolute atomic E-state index is 13.3. The van der Waals surface area contributed by atoms with E-state index in [2.05, 4.69) is 17.0 Å². The Bertz CT molecular complexity index is 718. The first-order valence-electron chi connectivity index (χ1n) is 6.56. The Labute approximate surface area is 122 Å². The number of aromatic nitrogens is 1. The van der Waals surface area contributed by atoms with Crippen molar-refractivity contribution in [3.8, 4) is 0 Å². The minimum Gasteiger partial charge on any atom is -0.460 e. The maximum atomic E-state index is 13.3. The summed E-state index contributed by atoms with van der Waals surface area (Å²) in [6.07, 6.45) is 2.21. The minimum atomic E-state index is -1.75. The predicted molar refractivity (Wildman–Crippen MR) is 70.5 cm³/mol. The molecule has 1 aliphatic carbocycles. The molecule has 8 heteroatoms. The fraction of sp³-hybridized carbons (Fsp3) is 0.286. The summed E-state index contributed by atoms with van der Waals surface area (Å²) >= 11 is 0. The van der Waals surface area contributed by atoms with Gasteiger partial charge in [-0.3, -0.25) is 5.43 Å². The molecule has 0 radical (unpaired) electrons. The largest absolute Gasteiger partial charge is 0.460 e. The van der Waals surface area contributed by atoms with E-state index in [0.717, 1.165) is 18.4 Å². The lowest BCUT2D eigenvalue weighted by Gasteiger charge is -2.04. The lowest BCUT2D eigenvalue weighted by Crippen LogP contribution is -2.05. The van der Waals surface area contributed by atoms with E-state index < -0.39 is 29.2 Å². The van der Waals surface area contributed by atoms with Gasteiger partial charge in [0, 0.05) is 5.92 Å². The zero-order valence-corrected chi connectivity index (χ0v) is 11.4. The van der Waals surface area contributed by atoms with E-state index in [1.807, 2.05) is 5.43 Å². The molecule has 0 bridgehead atoms. The van der Waals surface area contributed by atoms with Crippen LogP contribution in [0.25, 0.3) is 0 Å². The molecule has 0 amide bonds. The summed E-state index contributed by atoms with van der Waals surface area (Å²) in [6.45, 7) is 2.10. The normalized spacial score (nSPS) is 20.6. The SMILES string of the molecule is C[C@@H]1C[C@@H]1c1ccc(/C=N\Nc2c(F)c(F)nc(F)c2F)o1. The zero-order valence-electron chi connectivity index (χ0n) is 11.4. The molecule has 0 aromatic carbocycles. The number of nitrogens with one attached hydrogen (secondary N) is 1. The van der Waals surface area contributed by atoms with E-state index in [-0.39, 0.29) is 0 Å². The molecule has 2 heterocycles. The molecule has 116 valence electrons. The van der Waals surface area contributed by atoms with Crippen LogP contribution in [0.3, 0.4) is 0 Å². The highest BCUT2D eigenvalue weighted by atomic mass is 19.2. The molecule has 2 atom stereocenters. The second-order valence-electron chi connectivity index (χ2n) is 5.13. The third-order valence-corrected chi connectivity index (χ3v) is 3.49. The van der Waals surface area contributed by atoms with Gasteiger partial charge in [-0.25, -0.2) is 0 Å². The van der Waals surface area contributed by atoms with E-state index >= 15 is 0 Å². The van der Waals surface area contributed by atoms with Crippen molar-refractivity contribution in [1.82, 2.24) is 4.98 Å². The first-order valence-corrected chi connectivity index (χ1v) is 6.56. The van der Waals surface area contributed by atoms with Crippen molar-refractivity contribution in [3.63, 3.8) is 0 Å². The molecule has 0 saturated heterocycles. The van der Waals surface area contributed by atoms with Gasteiger partial charge in [0.2, 0.25) is 11.6 Å². The Morgan fingerprint density at radius 3 is 2.45 bits per heavy atom. The van der Waals surface area contributed by atoms with Crippen LogP contribution in [-0.4, -0.2) is 11.2 Å². The highest BCUT2D eigenvalue weighted by Crippen LogP contribution is 2.47. The van der Waals surface area contributed by atoms with Gasteiger partial charge in [-0.2, -0.15) is 27.6 Å². The van der Waals surface area contributed by atoms with Crippen molar-refractivity contribution >= 4 is 11.9 Å². The van der Waals surface area contributed by atoms with Gasteiger partial charge < -0.3 is 4.42 Å². The van der Waals surface area contributed by atoms with E-state index in [0.29, 0.717) is 17.6 Å². The van der Waals surface area contributed by atoms with Gasteiger partial charge in [-0.15, -0.1) is 0 Å². The smallest absolute Gasteiger partial charge is 0.254 e. The van der Waals surface area contributed by atoms with E-state index in [1.165, 1.54) is 0 Å². The van der Waals surface area contributed by atoms with Gasteiger partial charge in [0.1, 0.15) is 17.2 Å². The van der Waals surface area contributed by atoms with Gasteiger partial charge in [0.05, 0.1) is 6.21 Å². The molecule has 3 rings (SSSR count). The van der Waals surface area contributed by atoms with Crippen LogP contribution in [0.15, 0.2) is 21.7 Å². The maximum Gasteiger partial charge on any atom is 0.254 e. The van der Waals surface area contributed by atoms with Crippen LogP contribution in [-0.2, 0) is 0 Å². The Kier molecular flexibility index (Phi) is 3.59. The minimum absolute atomic E-state index is 0.359. The van der Waals surface area contributed by atoms with E-state index in [4.69, 9.17) is 4.42 Å². The molecule has 0 aliphatic heterocycles. The second kappa shape index (κ2) is 5.43. The molecule has 22 heavy (non-hydrogen) atoms. The fourth-order valence-corrected chi connectivity index (χ4v) is 2.10. The number of rotatable bonds is 4. The number of anilines is 1. The summed E-state index contributed by atoms with van der Waals surface area (Å²) in [6, 6.07) is 3.44. The predicted octanol–water partition coefficient (Wildman–Crippen LogP) is 3.80. The van der Waals surface area contributed by atoms with Crippen LogP contribution < -0.4 is 5.43 Å². The summed E-state index contributed by atoms with van der Waals surface area (Å²) < 4.78 is 57.9. The highest BCUT2D eigenvalue weighted by molar-refractivity contribution is 5.76. The molecule has 0 unspecified atom stereocenters. The standard InChI is InChI=1S/C14H11F4N3O/c1-6-4-8(6)9-3-2-7(22-9)5-19-21-12-10(15)13(17)20-14(18)11(12)16/h2-3,5-6,8H,4H2,1H3,(H,20,21)/b19-5-/t6-,8+/m1/s1. The summed E-state index contributed by atoms with van der Waals surface area (Å²) in [4.78, 5) is 2.44. The third-order valence-electron chi connectivity index (χ3n) is 3.49. The third kappa shape index (κ3) is 2.68. The number of nitrogens with zero attached hydrogens (tertiary/aromatic N) is 2. The monoisotopic (exact) mass is 313 g/mol. The van der Waals surface area contributed by atoms with Crippen LogP contribution in [0.4, 0.5) is 23.2 Å². The average molecular weight is 313 g/mol. The lowest BCUT2D eigenvalue weighted by atomic mass is 10.3. The van der Waals surface area contributed by atoms with Crippen LogP contribution in [0.5, 0.6) is 0 Å². The van der Waals surface area contributed by atoms with Crippen molar-refractivity contribution in [2.24, 2.45) is 11.0 Å². The number of furan rings is 1. The van der Waals surface area contributed by atoms with Crippen molar-refractivity contribution in [1.29, 1.82) is 0 Å². The fourth-order valence-electron chi connectivity index (χ4n) is 2.10. The summed E-state index contributed by atoms with van der Waals surface area (Å²) in [5.74, 6) is -4.68. The second-order valence-corrected chi connectivity index (χ2v) is 5.13. The van der Waals surface area contributed by atoms with Gasteiger partial charge in [0.25, 0.3) is 11.9 Å². The van der Waals surface area contributed by atoms with Gasteiger partial charge >= 0.3 is 0 Å². The molecule has 0 spiro atoms.